The Labute approximate surface area is 135 Å². The first kappa shape index (κ1) is 13.9. The highest BCUT2D eigenvalue weighted by Crippen LogP contribution is 2.32. The highest BCUT2D eigenvalue weighted by atomic mass is 79.9. The number of hydrogen-bond donors (Lipinski definition) is 1. The maximum atomic E-state index is 13.5. The number of aromatic nitrogens is 2. The minimum Gasteiger partial charge on any atom is -0.369 e. The van der Waals surface area contributed by atoms with E-state index in [1.807, 2.05) is 18.2 Å². The van der Waals surface area contributed by atoms with Crippen LogP contribution < -0.4 is 5.73 Å². The lowest BCUT2D eigenvalue weighted by molar-refractivity contribution is 0.630. The van der Waals surface area contributed by atoms with Crippen LogP contribution in [0, 0.1) is 5.82 Å². The molecule has 0 unspecified atom stereocenters. The highest BCUT2D eigenvalue weighted by molar-refractivity contribution is 9.11. The zero-order chi connectivity index (χ0) is 14.4. The lowest BCUT2D eigenvalue weighted by atomic mass is 10.2. The minimum absolute atomic E-state index is 0.0342. The summed E-state index contributed by atoms with van der Waals surface area (Å²) in [7, 11) is 0. The summed E-state index contributed by atoms with van der Waals surface area (Å²) in [5.74, 6) is -0.247. The quantitative estimate of drug-likeness (QED) is 0.608. The van der Waals surface area contributed by atoms with Gasteiger partial charge in [-0.05, 0) is 40.2 Å². The molecule has 3 rings (SSSR count). The molecule has 3 aromatic rings. The first-order valence-electron chi connectivity index (χ1n) is 5.56. The largest absolute Gasteiger partial charge is 0.369 e. The molecule has 0 amide bonds. The summed E-state index contributed by atoms with van der Waals surface area (Å²) in [6, 6.07) is 8.45. The monoisotopic (exact) mass is 417 g/mol. The van der Waals surface area contributed by atoms with Crippen LogP contribution >= 0.6 is 43.5 Å². The third-order valence-corrected chi connectivity index (χ3v) is 4.29. The van der Waals surface area contributed by atoms with Crippen molar-refractivity contribution in [2.45, 2.75) is 0 Å². The molecule has 0 aliphatic carbocycles. The standard InChI is InChI=1S/C13H7Br2ClFN3/c14-6-1-2-11(7(15)3-6)20-12-4-8(16)9(17)5-10(12)19-13(20)18/h1-5H,(H2,18,19). The van der Waals surface area contributed by atoms with Gasteiger partial charge in [0, 0.05) is 15.0 Å². The van der Waals surface area contributed by atoms with E-state index in [-0.39, 0.29) is 11.0 Å². The molecule has 0 spiro atoms. The Hall–Kier alpha value is -1.11. The topological polar surface area (TPSA) is 43.8 Å². The van der Waals surface area contributed by atoms with Gasteiger partial charge in [0.15, 0.2) is 0 Å². The molecule has 2 N–H and O–H groups in total. The fraction of sp³-hybridized carbons (Fsp3) is 0. The van der Waals surface area contributed by atoms with Gasteiger partial charge in [0.05, 0.1) is 21.7 Å². The summed E-state index contributed by atoms with van der Waals surface area (Å²) < 4.78 is 17.0. The van der Waals surface area contributed by atoms with Gasteiger partial charge in [0.1, 0.15) is 5.82 Å². The predicted molar refractivity (Wildman–Crippen MR) is 85.9 cm³/mol. The maximum Gasteiger partial charge on any atom is 0.205 e. The SMILES string of the molecule is Nc1nc2cc(F)c(Cl)cc2n1-c1ccc(Br)cc1Br. The molecule has 102 valence electrons. The van der Waals surface area contributed by atoms with Crippen molar-refractivity contribution in [3.63, 3.8) is 0 Å². The lowest BCUT2D eigenvalue weighted by Gasteiger charge is -2.09. The Balaban J connectivity index is 2.35. The zero-order valence-corrected chi connectivity index (χ0v) is 13.8. The maximum absolute atomic E-state index is 13.5. The molecule has 0 saturated heterocycles. The molecule has 1 aromatic heterocycles. The Morgan fingerprint density at radius 2 is 1.95 bits per heavy atom. The molecule has 3 nitrogen and oxygen atoms in total. The normalized spacial score (nSPS) is 11.2. The van der Waals surface area contributed by atoms with E-state index in [1.165, 1.54) is 12.1 Å². The van der Waals surface area contributed by atoms with Crippen molar-refractivity contribution >= 4 is 60.4 Å². The number of anilines is 1. The number of nitrogens with zero attached hydrogens (tertiary/aromatic N) is 2. The smallest absolute Gasteiger partial charge is 0.205 e. The molecule has 2 aromatic carbocycles. The number of nitrogen functional groups attached to an aromatic ring is 1. The van der Waals surface area contributed by atoms with E-state index >= 15 is 0 Å². The van der Waals surface area contributed by atoms with E-state index in [9.17, 15) is 4.39 Å². The Morgan fingerprint density at radius 1 is 1.20 bits per heavy atom. The van der Waals surface area contributed by atoms with Crippen LogP contribution in [0.5, 0.6) is 0 Å². The van der Waals surface area contributed by atoms with E-state index in [2.05, 4.69) is 36.8 Å². The van der Waals surface area contributed by atoms with E-state index in [0.717, 1.165) is 14.6 Å². The van der Waals surface area contributed by atoms with Gasteiger partial charge in [-0.2, -0.15) is 0 Å². The molecule has 0 aliphatic rings. The molecule has 0 atom stereocenters. The molecule has 0 aliphatic heterocycles. The molecule has 0 bridgehead atoms. The second-order valence-corrected chi connectivity index (χ2v) is 6.33. The van der Waals surface area contributed by atoms with Crippen molar-refractivity contribution in [2.24, 2.45) is 0 Å². The molecule has 1 heterocycles. The second-order valence-electron chi connectivity index (χ2n) is 4.16. The van der Waals surface area contributed by atoms with Crippen LogP contribution in [0.15, 0.2) is 39.3 Å². The van der Waals surface area contributed by atoms with Crippen LogP contribution in [0.1, 0.15) is 0 Å². The van der Waals surface area contributed by atoms with E-state index in [4.69, 9.17) is 17.3 Å². The van der Waals surface area contributed by atoms with Gasteiger partial charge in [0.25, 0.3) is 0 Å². The van der Waals surface area contributed by atoms with Gasteiger partial charge >= 0.3 is 0 Å². The van der Waals surface area contributed by atoms with Crippen LogP contribution in [0.3, 0.4) is 0 Å². The fourth-order valence-electron chi connectivity index (χ4n) is 2.01. The summed E-state index contributed by atoms with van der Waals surface area (Å²) in [5, 5.41) is 0.0342. The van der Waals surface area contributed by atoms with Crippen LogP contribution in [-0.2, 0) is 0 Å². The third-order valence-electron chi connectivity index (χ3n) is 2.87. The molecular weight excluding hydrogens is 412 g/mol. The molecule has 20 heavy (non-hydrogen) atoms. The van der Waals surface area contributed by atoms with Crippen molar-refractivity contribution in [3.8, 4) is 5.69 Å². The highest BCUT2D eigenvalue weighted by Gasteiger charge is 2.15. The Kier molecular flexibility index (Phi) is 3.48. The van der Waals surface area contributed by atoms with Gasteiger partial charge in [-0.15, -0.1) is 0 Å². The van der Waals surface area contributed by atoms with Gasteiger partial charge in [0.2, 0.25) is 5.95 Å². The number of benzene rings is 2. The summed E-state index contributed by atoms with van der Waals surface area (Å²) in [6.07, 6.45) is 0. The zero-order valence-electron chi connectivity index (χ0n) is 9.87. The molecule has 0 radical (unpaired) electrons. The van der Waals surface area contributed by atoms with E-state index in [0.29, 0.717) is 11.0 Å². The van der Waals surface area contributed by atoms with Crippen LogP contribution in [0.2, 0.25) is 5.02 Å². The number of nitrogens with two attached hydrogens (primary N) is 1. The Morgan fingerprint density at radius 3 is 2.65 bits per heavy atom. The van der Waals surface area contributed by atoms with Crippen molar-refractivity contribution in [1.29, 1.82) is 0 Å². The summed E-state index contributed by atoms with van der Waals surface area (Å²) in [4.78, 5) is 4.16. The summed E-state index contributed by atoms with van der Waals surface area (Å²) >= 11 is 12.7. The lowest BCUT2D eigenvalue weighted by Crippen LogP contribution is -2.01. The molecule has 0 saturated carbocycles. The first-order chi connectivity index (χ1) is 9.47. The number of imidazole rings is 1. The molecule has 0 fully saturated rings. The van der Waals surface area contributed by atoms with Gasteiger partial charge in [-0.25, -0.2) is 9.37 Å². The van der Waals surface area contributed by atoms with Gasteiger partial charge in [-0.1, -0.05) is 27.5 Å². The van der Waals surface area contributed by atoms with Gasteiger partial charge < -0.3 is 5.73 Å². The third kappa shape index (κ3) is 2.21. The van der Waals surface area contributed by atoms with Crippen LogP contribution in [0.4, 0.5) is 10.3 Å². The molecular formula is C13H7Br2ClFN3. The fourth-order valence-corrected chi connectivity index (χ4v) is 3.39. The predicted octanol–water partition coefficient (Wildman–Crippen LogP) is 4.93. The van der Waals surface area contributed by atoms with Crippen molar-refractivity contribution in [3.05, 3.63) is 50.1 Å². The average Bonchev–Trinajstić information content (AvgIpc) is 2.66. The number of fused-ring (bicyclic) bond motifs is 1. The first-order valence-corrected chi connectivity index (χ1v) is 7.52. The van der Waals surface area contributed by atoms with E-state index in [1.54, 1.807) is 4.57 Å². The minimum atomic E-state index is -0.515. The van der Waals surface area contributed by atoms with Crippen LogP contribution in [-0.4, -0.2) is 9.55 Å². The number of rotatable bonds is 1. The summed E-state index contributed by atoms with van der Waals surface area (Å²) in [6.45, 7) is 0. The Bertz CT molecular complexity index is 832. The molecule has 7 heteroatoms. The average molecular weight is 419 g/mol. The van der Waals surface area contributed by atoms with Gasteiger partial charge in [-0.3, -0.25) is 4.57 Å². The number of hydrogen-bond acceptors (Lipinski definition) is 2. The summed E-state index contributed by atoms with van der Waals surface area (Å²) in [5.41, 5.74) is 7.86. The van der Waals surface area contributed by atoms with E-state index < -0.39 is 5.82 Å². The van der Waals surface area contributed by atoms with Crippen molar-refractivity contribution < 1.29 is 4.39 Å². The van der Waals surface area contributed by atoms with Crippen LogP contribution in [0.25, 0.3) is 16.7 Å². The van der Waals surface area contributed by atoms with Crippen molar-refractivity contribution in [1.82, 2.24) is 9.55 Å². The van der Waals surface area contributed by atoms with Crippen molar-refractivity contribution in [2.75, 3.05) is 5.73 Å². The second kappa shape index (κ2) is 5.02. The number of halogens is 4.